The van der Waals surface area contributed by atoms with E-state index >= 15 is 0 Å². The predicted molar refractivity (Wildman–Crippen MR) is 82.8 cm³/mol. The second kappa shape index (κ2) is 10.1. The van der Waals surface area contributed by atoms with E-state index in [1.54, 1.807) is 11.7 Å². The van der Waals surface area contributed by atoms with Gasteiger partial charge in [0.2, 0.25) is 0 Å². The largest absolute Gasteiger partial charge is 0.293 e. The van der Waals surface area contributed by atoms with Crippen molar-refractivity contribution in [2.75, 3.05) is 0 Å². The standard InChI is InChI=1S/C16H27NOS/c1-3-5-7-8-9-11-14(10-6-4-2)16(18)15-12-17-13-19-15/h12-14H,3-11H2,1-2H3. The second-order valence-corrected chi connectivity index (χ2v) is 6.16. The number of ketones is 1. The van der Waals surface area contributed by atoms with Crippen molar-refractivity contribution in [2.24, 2.45) is 5.92 Å². The highest BCUT2D eigenvalue weighted by Crippen LogP contribution is 2.23. The topological polar surface area (TPSA) is 30.0 Å². The van der Waals surface area contributed by atoms with Crippen LogP contribution in [0.15, 0.2) is 11.7 Å². The van der Waals surface area contributed by atoms with Gasteiger partial charge in [0, 0.05) is 12.1 Å². The number of unbranched alkanes of at least 4 members (excludes halogenated alkanes) is 5. The van der Waals surface area contributed by atoms with Crippen molar-refractivity contribution < 1.29 is 4.79 Å². The van der Waals surface area contributed by atoms with Crippen molar-refractivity contribution in [3.63, 3.8) is 0 Å². The van der Waals surface area contributed by atoms with Gasteiger partial charge in [-0.15, -0.1) is 11.3 Å². The highest BCUT2D eigenvalue weighted by atomic mass is 32.1. The van der Waals surface area contributed by atoms with Gasteiger partial charge in [0.1, 0.15) is 0 Å². The number of Topliss-reactive ketones (excluding diaryl/α,β-unsaturated/α-hetero) is 1. The quantitative estimate of drug-likeness (QED) is 0.396. The Morgan fingerprint density at radius 1 is 1.11 bits per heavy atom. The molecule has 0 amide bonds. The van der Waals surface area contributed by atoms with Crippen molar-refractivity contribution in [1.82, 2.24) is 4.98 Å². The zero-order chi connectivity index (χ0) is 13.9. The van der Waals surface area contributed by atoms with Crippen molar-refractivity contribution in [1.29, 1.82) is 0 Å². The van der Waals surface area contributed by atoms with Crippen molar-refractivity contribution in [3.05, 3.63) is 16.6 Å². The average Bonchev–Trinajstić information content (AvgIpc) is 2.95. The molecule has 2 nitrogen and oxygen atoms in total. The Hall–Kier alpha value is -0.700. The van der Waals surface area contributed by atoms with E-state index < -0.39 is 0 Å². The monoisotopic (exact) mass is 281 g/mol. The Balaban J connectivity index is 2.40. The lowest BCUT2D eigenvalue weighted by molar-refractivity contribution is 0.0906. The van der Waals surface area contributed by atoms with Crippen LogP contribution in [-0.2, 0) is 0 Å². The van der Waals surface area contributed by atoms with Gasteiger partial charge in [0.25, 0.3) is 0 Å². The number of aromatic nitrogens is 1. The molecule has 3 heteroatoms. The van der Waals surface area contributed by atoms with Gasteiger partial charge in [-0.2, -0.15) is 0 Å². The van der Waals surface area contributed by atoms with E-state index in [1.807, 2.05) is 0 Å². The third-order valence-corrected chi connectivity index (χ3v) is 4.40. The minimum absolute atomic E-state index is 0.224. The summed E-state index contributed by atoms with van der Waals surface area (Å²) in [6.07, 6.45) is 12.5. The molecule has 1 atom stereocenters. The highest BCUT2D eigenvalue weighted by Gasteiger charge is 2.20. The van der Waals surface area contributed by atoms with Gasteiger partial charge in [0.05, 0.1) is 10.4 Å². The Bertz CT molecular complexity index is 335. The van der Waals surface area contributed by atoms with Crippen LogP contribution in [0.2, 0.25) is 0 Å². The molecular weight excluding hydrogens is 254 g/mol. The van der Waals surface area contributed by atoms with Crippen LogP contribution in [0.25, 0.3) is 0 Å². The zero-order valence-electron chi connectivity index (χ0n) is 12.4. The van der Waals surface area contributed by atoms with E-state index in [9.17, 15) is 4.79 Å². The Labute approximate surface area is 121 Å². The van der Waals surface area contributed by atoms with E-state index in [-0.39, 0.29) is 5.92 Å². The molecule has 1 rings (SSSR count). The Kier molecular flexibility index (Phi) is 8.72. The van der Waals surface area contributed by atoms with Gasteiger partial charge in [-0.05, 0) is 12.8 Å². The molecule has 0 saturated carbocycles. The predicted octanol–water partition coefficient (Wildman–Crippen LogP) is 5.49. The SMILES string of the molecule is CCCCCCCC(CCCC)C(=O)c1cncs1. The zero-order valence-corrected chi connectivity index (χ0v) is 13.2. The molecule has 0 spiro atoms. The number of hydrogen-bond donors (Lipinski definition) is 0. The van der Waals surface area contributed by atoms with Gasteiger partial charge in [0.15, 0.2) is 5.78 Å². The molecule has 1 unspecified atom stereocenters. The summed E-state index contributed by atoms with van der Waals surface area (Å²) >= 11 is 1.48. The molecule has 0 fully saturated rings. The fourth-order valence-corrected chi connectivity index (χ4v) is 3.03. The first kappa shape index (κ1) is 16.4. The molecule has 0 saturated heterocycles. The van der Waals surface area contributed by atoms with Crippen LogP contribution < -0.4 is 0 Å². The summed E-state index contributed by atoms with van der Waals surface area (Å²) in [5.74, 6) is 0.550. The molecule has 0 bridgehead atoms. The number of rotatable bonds is 11. The number of hydrogen-bond acceptors (Lipinski definition) is 3. The van der Waals surface area contributed by atoms with Crippen molar-refractivity contribution in [3.8, 4) is 0 Å². The van der Waals surface area contributed by atoms with Crippen LogP contribution in [0, 0.1) is 5.92 Å². The minimum Gasteiger partial charge on any atom is -0.293 e. The van der Waals surface area contributed by atoms with Crippen molar-refractivity contribution >= 4 is 17.1 Å². The third-order valence-electron chi connectivity index (χ3n) is 3.61. The van der Waals surface area contributed by atoms with Gasteiger partial charge < -0.3 is 0 Å². The maximum Gasteiger partial charge on any atom is 0.177 e. The summed E-state index contributed by atoms with van der Waals surface area (Å²) in [5.41, 5.74) is 1.76. The van der Waals surface area contributed by atoms with Crippen LogP contribution in [0.3, 0.4) is 0 Å². The molecule has 0 aliphatic rings. The van der Waals surface area contributed by atoms with E-state index in [2.05, 4.69) is 18.8 Å². The van der Waals surface area contributed by atoms with E-state index in [4.69, 9.17) is 0 Å². The van der Waals surface area contributed by atoms with Crippen LogP contribution in [0.1, 0.15) is 81.3 Å². The molecule has 1 aromatic rings. The molecular formula is C16H27NOS. The summed E-state index contributed by atoms with van der Waals surface area (Å²) in [6, 6.07) is 0. The van der Waals surface area contributed by atoms with E-state index in [1.165, 1.54) is 49.9 Å². The van der Waals surface area contributed by atoms with Gasteiger partial charge in [-0.1, -0.05) is 58.8 Å². The third kappa shape index (κ3) is 6.33. The summed E-state index contributed by atoms with van der Waals surface area (Å²) in [5, 5.41) is 0. The van der Waals surface area contributed by atoms with Crippen LogP contribution in [0.5, 0.6) is 0 Å². The molecule has 19 heavy (non-hydrogen) atoms. The fourth-order valence-electron chi connectivity index (χ4n) is 2.39. The summed E-state index contributed by atoms with van der Waals surface area (Å²) in [4.78, 5) is 17.3. The minimum atomic E-state index is 0.224. The van der Waals surface area contributed by atoms with Gasteiger partial charge >= 0.3 is 0 Å². The molecule has 0 N–H and O–H groups in total. The molecule has 0 radical (unpaired) electrons. The summed E-state index contributed by atoms with van der Waals surface area (Å²) < 4.78 is 0. The fraction of sp³-hybridized carbons (Fsp3) is 0.750. The van der Waals surface area contributed by atoms with Crippen LogP contribution in [0.4, 0.5) is 0 Å². The first-order valence-electron chi connectivity index (χ1n) is 7.72. The Morgan fingerprint density at radius 2 is 1.79 bits per heavy atom. The van der Waals surface area contributed by atoms with Gasteiger partial charge in [-0.25, -0.2) is 0 Å². The number of carbonyl (C=O) groups excluding carboxylic acids is 1. The molecule has 0 aromatic carbocycles. The lowest BCUT2D eigenvalue weighted by Crippen LogP contribution is -2.14. The summed E-state index contributed by atoms with van der Waals surface area (Å²) in [6.45, 7) is 4.42. The van der Waals surface area contributed by atoms with E-state index in [0.29, 0.717) is 5.78 Å². The Morgan fingerprint density at radius 3 is 2.42 bits per heavy atom. The number of nitrogens with zero attached hydrogens (tertiary/aromatic N) is 1. The lowest BCUT2D eigenvalue weighted by atomic mass is 9.91. The van der Waals surface area contributed by atoms with E-state index in [0.717, 1.165) is 24.1 Å². The maximum absolute atomic E-state index is 12.4. The van der Waals surface area contributed by atoms with Crippen molar-refractivity contribution in [2.45, 2.75) is 71.6 Å². The molecule has 0 aliphatic carbocycles. The normalized spacial score (nSPS) is 12.5. The average molecular weight is 281 g/mol. The first-order valence-corrected chi connectivity index (χ1v) is 8.60. The summed E-state index contributed by atoms with van der Waals surface area (Å²) in [7, 11) is 0. The maximum atomic E-state index is 12.4. The van der Waals surface area contributed by atoms with Gasteiger partial charge in [-0.3, -0.25) is 9.78 Å². The van der Waals surface area contributed by atoms with Crippen LogP contribution in [-0.4, -0.2) is 10.8 Å². The molecule has 1 aromatic heterocycles. The number of carbonyl (C=O) groups is 1. The second-order valence-electron chi connectivity index (χ2n) is 5.27. The molecule has 108 valence electrons. The smallest absolute Gasteiger partial charge is 0.177 e. The lowest BCUT2D eigenvalue weighted by Gasteiger charge is -2.14. The van der Waals surface area contributed by atoms with Crippen LogP contribution >= 0.6 is 11.3 Å². The molecule has 1 heterocycles. The first-order chi connectivity index (χ1) is 9.29. The highest BCUT2D eigenvalue weighted by molar-refractivity contribution is 7.11. The number of thiazole rings is 1. The molecule has 0 aliphatic heterocycles.